The number of nitrogens with zero attached hydrogens (tertiary/aromatic N) is 1. The van der Waals surface area contributed by atoms with Crippen molar-refractivity contribution in [3.8, 4) is 0 Å². The normalized spacial score (nSPS) is 19.5. The number of carbonyl (C=O) groups excluding carboxylic acids is 1. The first kappa shape index (κ1) is 19.1. The van der Waals surface area contributed by atoms with Crippen LogP contribution in [0.5, 0.6) is 0 Å². The molecule has 0 saturated heterocycles. The number of nitrogens with two attached hydrogens (primary N) is 1. The van der Waals surface area contributed by atoms with Crippen molar-refractivity contribution < 1.29 is 9.00 Å². The van der Waals surface area contributed by atoms with E-state index in [9.17, 15) is 9.00 Å². The highest BCUT2D eigenvalue weighted by molar-refractivity contribution is 7.84. The van der Waals surface area contributed by atoms with Gasteiger partial charge in [-0.15, -0.1) is 0 Å². The van der Waals surface area contributed by atoms with Crippen molar-refractivity contribution in [1.29, 1.82) is 0 Å². The first-order valence-electron chi connectivity index (χ1n) is 8.78. The molecule has 1 aromatic rings. The van der Waals surface area contributed by atoms with Gasteiger partial charge in [0.25, 0.3) is 0 Å². The zero-order valence-electron chi connectivity index (χ0n) is 15.1. The van der Waals surface area contributed by atoms with E-state index in [0.29, 0.717) is 13.0 Å². The molecular formula is C19H30N2O2S. The van der Waals surface area contributed by atoms with E-state index in [0.717, 1.165) is 23.3 Å². The summed E-state index contributed by atoms with van der Waals surface area (Å²) < 4.78 is 11.5. The zero-order valence-corrected chi connectivity index (χ0v) is 15.9. The van der Waals surface area contributed by atoms with Gasteiger partial charge in [0.15, 0.2) is 0 Å². The first-order chi connectivity index (χ1) is 11.4. The molecule has 0 radical (unpaired) electrons. The average Bonchev–Trinajstić information content (AvgIpc) is 2.61. The summed E-state index contributed by atoms with van der Waals surface area (Å²) in [6, 6.07) is 7.68. The van der Waals surface area contributed by atoms with Gasteiger partial charge in [0.1, 0.15) is 0 Å². The molecule has 1 saturated carbocycles. The summed E-state index contributed by atoms with van der Waals surface area (Å²) in [5.41, 5.74) is 7.07. The maximum Gasteiger partial charge on any atom is 0.223 e. The van der Waals surface area contributed by atoms with Crippen molar-refractivity contribution >= 4 is 16.7 Å². The van der Waals surface area contributed by atoms with Crippen molar-refractivity contribution in [3.63, 3.8) is 0 Å². The van der Waals surface area contributed by atoms with Gasteiger partial charge >= 0.3 is 0 Å². The first-order valence-corrected chi connectivity index (χ1v) is 10.3. The summed E-state index contributed by atoms with van der Waals surface area (Å²) in [4.78, 5) is 15.4. The van der Waals surface area contributed by atoms with Crippen molar-refractivity contribution in [2.45, 2.75) is 56.4 Å². The van der Waals surface area contributed by atoms with E-state index >= 15 is 0 Å². The number of carbonyl (C=O) groups is 1. The van der Waals surface area contributed by atoms with Gasteiger partial charge in [-0.3, -0.25) is 9.00 Å². The summed E-state index contributed by atoms with van der Waals surface area (Å²) in [6.45, 7) is 2.63. The molecule has 0 heterocycles. The Labute approximate surface area is 148 Å². The van der Waals surface area contributed by atoms with Crippen LogP contribution in [0.15, 0.2) is 29.2 Å². The Morgan fingerprint density at radius 3 is 2.33 bits per heavy atom. The lowest BCUT2D eigenvalue weighted by molar-refractivity contribution is -0.134. The van der Waals surface area contributed by atoms with Crippen molar-refractivity contribution in [1.82, 2.24) is 4.90 Å². The van der Waals surface area contributed by atoms with Crippen LogP contribution < -0.4 is 5.73 Å². The molecule has 1 aliphatic rings. The third-order valence-electron chi connectivity index (χ3n) is 5.54. The Hall–Kier alpha value is -1.20. The second-order valence-electron chi connectivity index (χ2n) is 7.15. The second-order valence-corrected chi connectivity index (χ2v) is 8.52. The van der Waals surface area contributed by atoms with Gasteiger partial charge in [-0.2, -0.15) is 0 Å². The van der Waals surface area contributed by atoms with Crippen LogP contribution in [0.3, 0.4) is 0 Å². The molecule has 2 N–H and O–H groups in total. The number of rotatable bonds is 6. The molecule has 2 unspecified atom stereocenters. The van der Waals surface area contributed by atoms with Crippen molar-refractivity contribution in [2.24, 2.45) is 11.1 Å². The molecule has 0 aliphatic heterocycles. The molecule has 2 atom stereocenters. The quantitative estimate of drug-likeness (QED) is 0.856. The lowest BCUT2D eigenvalue weighted by Gasteiger charge is -2.37. The fraction of sp³-hybridized carbons (Fsp3) is 0.632. The highest BCUT2D eigenvalue weighted by Crippen LogP contribution is 2.39. The zero-order chi connectivity index (χ0) is 17.7. The highest BCUT2D eigenvalue weighted by Gasteiger charge is 2.34. The summed E-state index contributed by atoms with van der Waals surface area (Å²) in [7, 11) is 0.891. The molecule has 5 heteroatoms. The summed E-state index contributed by atoms with van der Waals surface area (Å²) >= 11 is 0. The van der Waals surface area contributed by atoms with Gasteiger partial charge < -0.3 is 10.6 Å². The monoisotopic (exact) mass is 350 g/mol. The van der Waals surface area contributed by atoms with E-state index in [-0.39, 0.29) is 17.4 Å². The molecule has 0 spiro atoms. The largest absolute Gasteiger partial charge is 0.339 e. The molecule has 24 heavy (non-hydrogen) atoms. The predicted molar refractivity (Wildman–Crippen MR) is 99.1 cm³/mol. The maximum atomic E-state index is 12.8. The number of hydrogen-bond acceptors (Lipinski definition) is 3. The smallest absolute Gasteiger partial charge is 0.223 e. The predicted octanol–water partition coefficient (Wildman–Crippen LogP) is 3.24. The topological polar surface area (TPSA) is 63.4 Å². The average molecular weight is 351 g/mol. The van der Waals surface area contributed by atoms with Crippen molar-refractivity contribution in [2.75, 3.05) is 19.8 Å². The number of hydrogen-bond donors (Lipinski definition) is 1. The summed E-state index contributed by atoms with van der Waals surface area (Å²) in [5.74, 6) is 0.165. The van der Waals surface area contributed by atoms with Gasteiger partial charge in [-0.25, -0.2) is 0 Å². The van der Waals surface area contributed by atoms with Crippen LogP contribution in [0.2, 0.25) is 0 Å². The van der Waals surface area contributed by atoms with Gasteiger partial charge in [0, 0.05) is 35.4 Å². The standard InChI is InChI=1S/C19H30N2O2S/c1-15(16-7-9-17(10-8-16)24(3)23)21(2)18(22)13-19(14-20)11-5-4-6-12-19/h7-10,15H,4-6,11-14,20H2,1-3H3. The lowest BCUT2D eigenvalue weighted by atomic mass is 9.71. The second kappa shape index (κ2) is 8.26. The van der Waals surface area contributed by atoms with Crippen LogP contribution >= 0.6 is 0 Å². The number of amides is 1. The molecule has 1 aromatic carbocycles. The molecule has 2 rings (SSSR count). The van der Waals surface area contributed by atoms with E-state index in [4.69, 9.17) is 5.73 Å². The van der Waals surface area contributed by atoms with E-state index < -0.39 is 10.8 Å². The van der Waals surface area contributed by atoms with Crippen molar-refractivity contribution in [3.05, 3.63) is 29.8 Å². The SMILES string of the molecule is CC(c1ccc(S(C)=O)cc1)N(C)C(=O)CC1(CN)CCCCC1. The van der Waals surface area contributed by atoms with E-state index in [1.54, 1.807) is 6.26 Å². The molecule has 134 valence electrons. The third-order valence-corrected chi connectivity index (χ3v) is 6.48. The minimum atomic E-state index is -0.976. The minimum absolute atomic E-state index is 0.00439. The van der Waals surface area contributed by atoms with Crippen LogP contribution in [0, 0.1) is 5.41 Å². The van der Waals surface area contributed by atoms with Crippen LogP contribution in [-0.2, 0) is 15.6 Å². The van der Waals surface area contributed by atoms with Gasteiger partial charge in [-0.05, 0) is 49.4 Å². The molecular weight excluding hydrogens is 320 g/mol. The fourth-order valence-electron chi connectivity index (χ4n) is 3.58. The lowest BCUT2D eigenvalue weighted by Crippen LogP contribution is -2.40. The Balaban J connectivity index is 2.04. The van der Waals surface area contributed by atoms with Gasteiger partial charge in [0.2, 0.25) is 5.91 Å². The minimum Gasteiger partial charge on any atom is -0.339 e. The van der Waals surface area contributed by atoms with Gasteiger partial charge in [0.05, 0.1) is 6.04 Å². The Kier molecular flexibility index (Phi) is 6.58. The van der Waals surface area contributed by atoms with Crippen LogP contribution in [0.1, 0.15) is 57.1 Å². The van der Waals surface area contributed by atoms with Crippen LogP contribution in [-0.4, -0.2) is 34.9 Å². The number of benzene rings is 1. The van der Waals surface area contributed by atoms with E-state index in [1.807, 2.05) is 43.1 Å². The Morgan fingerprint density at radius 2 is 1.83 bits per heavy atom. The third kappa shape index (κ3) is 4.45. The Morgan fingerprint density at radius 1 is 1.25 bits per heavy atom. The molecule has 4 nitrogen and oxygen atoms in total. The maximum absolute atomic E-state index is 12.8. The highest BCUT2D eigenvalue weighted by atomic mass is 32.2. The summed E-state index contributed by atoms with van der Waals surface area (Å²) in [6.07, 6.45) is 7.96. The van der Waals surface area contributed by atoms with E-state index in [2.05, 4.69) is 0 Å². The molecule has 1 aliphatic carbocycles. The molecule has 1 amide bonds. The fourth-order valence-corrected chi connectivity index (χ4v) is 4.10. The molecule has 0 bridgehead atoms. The molecule has 0 aromatic heterocycles. The molecule has 1 fully saturated rings. The van der Waals surface area contributed by atoms with Crippen LogP contribution in [0.4, 0.5) is 0 Å². The van der Waals surface area contributed by atoms with Gasteiger partial charge in [-0.1, -0.05) is 31.4 Å². The van der Waals surface area contributed by atoms with E-state index in [1.165, 1.54) is 19.3 Å². The summed E-state index contributed by atoms with van der Waals surface area (Å²) in [5, 5.41) is 0. The van der Waals surface area contributed by atoms with Crippen LogP contribution in [0.25, 0.3) is 0 Å². The Bertz CT molecular complexity index is 580.